The van der Waals surface area contributed by atoms with Gasteiger partial charge in [0.15, 0.2) is 0 Å². The molecule has 0 aromatic rings. The van der Waals surface area contributed by atoms with Gasteiger partial charge in [-0.1, -0.05) is 13.8 Å². The molecule has 0 atom stereocenters. The van der Waals surface area contributed by atoms with E-state index in [1.165, 1.54) is 17.7 Å². The Balaban J connectivity index is 2.79. The van der Waals surface area contributed by atoms with Crippen LogP contribution < -0.4 is 0 Å². The van der Waals surface area contributed by atoms with Gasteiger partial charge in [0.05, 0.1) is 0 Å². The standard InChI is InChI=1S/C9H15N/c1-7(2)9-5-4-6-10-8(9)3/h6-7H,4-5H2,1-3H3. The smallest absolute Gasteiger partial charge is 0.0363 e. The van der Waals surface area contributed by atoms with Crippen LogP contribution in [-0.2, 0) is 0 Å². The van der Waals surface area contributed by atoms with E-state index in [1.54, 1.807) is 0 Å². The Labute approximate surface area is 62.9 Å². The first kappa shape index (κ1) is 7.52. The maximum Gasteiger partial charge on any atom is 0.0363 e. The molecule has 1 heterocycles. The first-order valence-electron chi connectivity index (χ1n) is 3.94. The minimum atomic E-state index is 0.678. The Hall–Kier alpha value is -0.590. The van der Waals surface area contributed by atoms with Crippen LogP contribution in [0.3, 0.4) is 0 Å². The molecule has 1 aliphatic heterocycles. The Bertz CT molecular complexity index is 175. The normalized spacial score (nSPS) is 18.8. The molecule has 0 N–H and O–H groups in total. The van der Waals surface area contributed by atoms with E-state index < -0.39 is 0 Å². The fourth-order valence-electron chi connectivity index (χ4n) is 1.39. The van der Waals surface area contributed by atoms with Crippen LogP contribution >= 0.6 is 0 Å². The molecule has 56 valence electrons. The van der Waals surface area contributed by atoms with Gasteiger partial charge in [-0.15, -0.1) is 0 Å². The second-order valence-electron chi connectivity index (χ2n) is 3.12. The third-order valence-corrected chi connectivity index (χ3v) is 1.99. The lowest BCUT2D eigenvalue weighted by molar-refractivity contribution is 0.700. The summed E-state index contributed by atoms with van der Waals surface area (Å²) in [5, 5.41) is 0. The number of nitrogens with zero attached hydrogens (tertiary/aromatic N) is 1. The average molecular weight is 137 g/mol. The van der Waals surface area contributed by atoms with Crippen LogP contribution in [0.4, 0.5) is 0 Å². The van der Waals surface area contributed by atoms with Crippen molar-refractivity contribution in [2.24, 2.45) is 10.9 Å². The summed E-state index contributed by atoms with van der Waals surface area (Å²) in [6, 6.07) is 0. The summed E-state index contributed by atoms with van der Waals surface area (Å²) in [7, 11) is 0. The maximum absolute atomic E-state index is 4.29. The van der Waals surface area contributed by atoms with Crippen molar-refractivity contribution in [2.75, 3.05) is 0 Å². The van der Waals surface area contributed by atoms with E-state index in [2.05, 4.69) is 25.8 Å². The fraction of sp³-hybridized carbons (Fsp3) is 0.667. The maximum atomic E-state index is 4.29. The van der Waals surface area contributed by atoms with E-state index in [4.69, 9.17) is 0 Å². The molecule has 0 radical (unpaired) electrons. The van der Waals surface area contributed by atoms with E-state index in [0.717, 1.165) is 6.42 Å². The molecule has 1 rings (SSSR count). The van der Waals surface area contributed by atoms with Crippen LogP contribution in [0.1, 0.15) is 33.6 Å². The minimum Gasteiger partial charge on any atom is -0.266 e. The van der Waals surface area contributed by atoms with Crippen molar-refractivity contribution in [2.45, 2.75) is 33.6 Å². The Morgan fingerprint density at radius 1 is 1.50 bits per heavy atom. The molecule has 0 aromatic carbocycles. The molecular weight excluding hydrogens is 122 g/mol. The number of aliphatic imine (C=N–C) groups is 1. The fourth-order valence-corrected chi connectivity index (χ4v) is 1.39. The molecule has 0 unspecified atom stereocenters. The van der Waals surface area contributed by atoms with Crippen LogP contribution in [0.2, 0.25) is 0 Å². The molecule has 0 fully saturated rings. The lowest BCUT2D eigenvalue weighted by atomic mass is 9.95. The summed E-state index contributed by atoms with van der Waals surface area (Å²) in [4.78, 5) is 4.29. The second kappa shape index (κ2) is 3.00. The number of hydrogen-bond donors (Lipinski definition) is 0. The van der Waals surface area contributed by atoms with E-state index in [9.17, 15) is 0 Å². The quantitative estimate of drug-likeness (QED) is 0.527. The van der Waals surface area contributed by atoms with Crippen molar-refractivity contribution >= 4 is 6.21 Å². The number of rotatable bonds is 1. The van der Waals surface area contributed by atoms with E-state index in [-0.39, 0.29) is 0 Å². The number of hydrogen-bond acceptors (Lipinski definition) is 1. The topological polar surface area (TPSA) is 12.4 Å². The monoisotopic (exact) mass is 137 g/mol. The lowest BCUT2D eigenvalue weighted by Gasteiger charge is -2.15. The van der Waals surface area contributed by atoms with Gasteiger partial charge in [0, 0.05) is 11.9 Å². The van der Waals surface area contributed by atoms with Crippen LogP contribution in [-0.4, -0.2) is 6.21 Å². The van der Waals surface area contributed by atoms with Gasteiger partial charge in [0.1, 0.15) is 0 Å². The summed E-state index contributed by atoms with van der Waals surface area (Å²) in [6.45, 7) is 6.57. The van der Waals surface area contributed by atoms with Gasteiger partial charge in [-0.05, 0) is 31.3 Å². The zero-order chi connectivity index (χ0) is 7.56. The van der Waals surface area contributed by atoms with Gasteiger partial charge in [-0.2, -0.15) is 0 Å². The van der Waals surface area contributed by atoms with Gasteiger partial charge in [0.25, 0.3) is 0 Å². The van der Waals surface area contributed by atoms with Crippen molar-refractivity contribution in [3.8, 4) is 0 Å². The SMILES string of the molecule is CC1=C(C(C)C)CCC=N1. The van der Waals surface area contributed by atoms with Crippen molar-refractivity contribution < 1.29 is 0 Å². The highest BCUT2D eigenvalue weighted by Gasteiger charge is 2.08. The van der Waals surface area contributed by atoms with E-state index >= 15 is 0 Å². The van der Waals surface area contributed by atoms with Crippen molar-refractivity contribution in [3.63, 3.8) is 0 Å². The largest absolute Gasteiger partial charge is 0.266 e. The summed E-state index contributed by atoms with van der Waals surface area (Å²) >= 11 is 0. The van der Waals surface area contributed by atoms with Crippen molar-refractivity contribution in [1.82, 2.24) is 0 Å². The van der Waals surface area contributed by atoms with E-state index in [0.29, 0.717) is 5.92 Å². The summed E-state index contributed by atoms with van der Waals surface area (Å²) in [5.74, 6) is 0.678. The zero-order valence-corrected chi connectivity index (χ0v) is 7.02. The predicted molar refractivity (Wildman–Crippen MR) is 45.3 cm³/mol. The van der Waals surface area contributed by atoms with E-state index in [1.807, 2.05) is 6.21 Å². The molecule has 0 bridgehead atoms. The Morgan fingerprint density at radius 3 is 2.60 bits per heavy atom. The minimum absolute atomic E-state index is 0.678. The molecule has 1 heteroatoms. The first-order chi connectivity index (χ1) is 4.72. The highest BCUT2D eigenvalue weighted by Crippen LogP contribution is 2.23. The van der Waals surface area contributed by atoms with Crippen LogP contribution in [0.5, 0.6) is 0 Å². The molecule has 10 heavy (non-hydrogen) atoms. The number of allylic oxidation sites excluding steroid dienone is 2. The van der Waals surface area contributed by atoms with Crippen molar-refractivity contribution in [3.05, 3.63) is 11.3 Å². The molecular formula is C9H15N. The Kier molecular flexibility index (Phi) is 2.25. The summed E-state index contributed by atoms with van der Waals surface area (Å²) in [6.07, 6.45) is 4.36. The highest BCUT2D eigenvalue weighted by molar-refractivity contribution is 5.61. The molecule has 0 aliphatic carbocycles. The third-order valence-electron chi connectivity index (χ3n) is 1.99. The van der Waals surface area contributed by atoms with Gasteiger partial charge >= 0.3 is 0 Å². The van der Waals surface area contributed by atoms with Crippen LogP contribution in [0.15, 0.2) is 16.3 Å². The molecule has 0 spiro atoms. The molecule has 0 saturated heterocycles. The summed E-state index contributed by atoms with van der Waals surface area (Å²) < 4.78 is 0. The molecule has 1 aliphatic rings. The van der Waals surface area contributed by atoms with Crippen molar-refractivity contribution in [1.29, 1.82) is 0 Å². The average Bonchev–Trinajstić information content (AvgIpc) is 1.88. The van der Waals surface area contributed by atoms with Gasteiger partial charge in [0.2, 0.25) is 0 Å². The predicted octanol–water partition coefficient (Wildman–Crippen LogP) is 2.78. The first-order valence-corrected chi connectivity index (χ1v) is 3.94. The molecule has 0 saturated carbocycles. The molecule has 0 aromatic heterocycles. The zero-order valence-electron chi connectivity index (χ0n) is 7.02. The third kappa shape index (κ3) is 1.47. The Morgan fingerprint density at radius 2 is 2.20 bits per heavy atom. The molecule has 1 nitrogen and oxygen atoms in total. The van der Waals surface area contributed by atoms with Crippen LogP contribution in [0.25, 0.3) is 0 Å². The van der Waals surface area contributed by atoms with Crippen LogP contribution in [0, 0.1) is 5.92 Å². The highest BCUT2D eigenvalue weighted by atomic mass is 14.7. The van der Waals surface area contributed by atoms with Gasteiger partial charge in [-0.25, -0.2) is 0 Å². The lowest BCUT2D eigenvalue weighted by Crippen LogP contribution is -2.01. The summed E-state index contributed by atoms with van der Waals surface area (Å²) in [5.41, 5.74) is 2.77. The molecule has 0 amide bonds. The van der Waals surface area contributed by atoms with Gasteiger partial charge in [-0.3, -0.25) is 4.99 Å². The second-order valence-corrected chi connectivity index (χ2v) is 3.12. The van der Waals surface area contributed by atoms with Gasteiger partial charge < -0.3 is 0 Å².